The Morgan fingerprint density at radius 3 is 2.48 bits per heavy atom. The van der Waals surface area contributed by atoms with E-state index in [1.54, 1.807) is 29.6 Å². The first kappa shape index (κ1) is 17.8. The second kappa shape index (κ2) is 6.84. The molecule has 0 saturated carbocycles. The van der Waals surface area contributed by atoms with Crippen molar-refractivity contribution in [3.8, 4) is 5.75 Å². The van der Waals surface area contributed by atoms with E-state index in [1.165, 1.54) is 45.8 Å². The number of hydrogen-bond acceptors (Lipinski definition) is 6. The second-order valence-corrected chi connectivity index (χ2v) is 8.16. The summed E-state index contributed by atoms with van der Waals surface area (Å²) in [4.78, 5) is 28.2. The van der Waals surface area contributed by atoms with Crippen LogP contribution in [0.2, 0.25) is 5.02 Å². The van der Waals surface area contributed by atoms with Crippen molar-refractivity contribution in [3.63, 3.8) is 0 Å². The number of phenolic OH excluding ortho intramolecular Hbond substituents is 1. The zero-order chi connectivity index (χ0) is 19.1. The molecule has 4 rings (SSSR count). The van der Waals surface area contributed by atoms with Crippen LogP contribution >= 0.6 is 34.3 Å². The molecule has 1 aliphatic rings. The fourth-order valence-corrected chi connectivity index (χ4v) is 4.70. The van der Waals surface area contributed by atoms with Gasteiger partial charge in [0.25, 0.3) is 5.91 Å². The molecule has 0 spiro atoms. The van der Waals surface area contributed by atoms with Gasteiger partial charge in [-0.25, -0.2) is 0 Å². The van der Waals surface area contributed by atoms with Crippen molar-refractivity contribution in [2.24, 2.45) is 0 Å². The van der Waals surface area contributed by atoms with Crippen molar-refractivity contribution < 1.29 is 19.8 Å². The summed E-state index contributed by atoms with van der Waals surface area (Å²) in [5, 5.41) is 24.7. The lowest BCUT2D eigenvalue weighted by molar-refractivity contribution is -0.117. The van der Waals surface area contributed by atoms with Crippen LogP contribution in [0.4, 0.5) is 5.69 Å². The summed E-state index contributed by atoms with van der Waals surface area (Å²) in [5.74, 6) is -1.97. The topological polar surface area (TPSA) is 77.8 Å². The zero-order valence-corrected chi connectivity index (χ0v) is 16.0. The van der Waals surface area contributed by atoms with Crippen LogP contribution in [0.25, 0.3) is 0 Å². The number of aliphatic hydroxyl groups excluding tert-OH is 1. The van der Waals surface area contributed by atoms with E-state index in [-0.39, 0.29) is 17.0 Å². The summed E-state index contributed by atoms with van der Waals surface area (Å²) < 4.78 is 0. The number of hydrogen-bond donors (Lipinski definition) is 2. The maximum atomic E-state index is 13.0. The van der Waals surface area contributed by atoms with Gasteiger partial charge in [0.2, 0.25) is 5.78 Å². The van der Waals surface area contributed by atoms with Gasteiger partial charge in [0, 0.05) is 9.90 Å². The number of ketones is 1. The van der Waals surface area contributed by atoms with Gasteiger partial charge in [-0.15, -0.1) is 22.7 Å². The summed E-state index contributed by atoms with van der Waals surface area (Å²) in [7, 11) is 0. The maximum Gasteiger partial charge on any atom is 0.294 e. The Kier molecular flexibility index (Phi) is 4.51. The van der Waals surface area contributed by atoms with E-state index in [4.69, 9.17) is 11.6 Å². The smallest absolute Gasteiger partial charge is 0.294 e. The lowest BCUT2D eigenvalue weighted by atomic mass is 10.0. The summed E-state index contributed by atoms with van der Waals surface area (Å²) >= 11 is 8.62. The van der Waals surface area contributed by atoms with Gasteiger partial charge in [0.15, 0.2) is 5.76 Å². The minimum Gasteiger partial charge on any atom is -0.506 e. The maximum absolute atomic E-state index is 13.0. The number of amides is 1. The van der Waals surface area contributed by atoms with Crippen LogP contribution in [0.5, 0.6) is 5.75 Å². The number of anilines is 1. The lowest BCUT2D eigenvalue weighted by Gasteiger charge is -2.26. The molecule has 0 saturated heterocycles. The molecule has 5 nitrogen and oxygen atoms in total. The highest BCUT2D eigenvalue weighted by Gasteiger charge is 2.46. The summed E-state index contributed by atoms with van der Waals surface area (Å²) in [6, 6.07) is 10.4. The monoisotopic (exact) mass is 417 g/mol. The number of Topliss-reactive ketones (excluding diaryl/α,β-unsaturated/α-hetero) is 1. The van der Waals surface area contributed by atoms with Crippen LogP contribution in [-0.4, -0.2) is 21.9 Å². The highest BCUT2D eigenvalue weighted by Crippen LogP contribution is 2.46. The van der Waals surface area contributed by atoms with Crippen LogP contribution in [0.1, 0.15) is 20.6 Å². The molecular weight excluding hydrogens is 406 g/mol. The number of thiophene rings is 2. The van der Waals surface area contributed by atoms with Crippen LogP contribution in [0.3, 0.4) is 0 Å². The number of aromatic hydroxyl groups is 1. The Bertz CT molecular complexity index is 1060. The van der Waals surface area contributed by atoms with E-state index < -0.39 is 23.5 Å². The summed E-state index contributed by atoms with van der Waals surface area (Å²) in [5.41, 5.74) is 0.121. The highest BCUT2D eigenvalue weighted by atomic mass is 35.5. The average Bonchev–Trinajstić information content (AvgIpc) is 3.39. The van der Waals surface area contributed by atoms with Gasteiger partial charge in [0.05, 0.1) is 16.1 Å². The molecule has 0 bridgehead atoms. The van der Waals surface area contributed by atoms with Gasteiger partial charge in [-0.05, 0) is 41.1 Å². The molecule has 27 heavy (non-hydrogen) atoms. The van der Waals surface area contributed by atoms with Crippen molar-refractivity contribution in [2.45, 2.75) is 6.04 Å². The molecule has 8 heteroatoms. The van der Waals surface area contributed by atoms with Gasteiger partial charge in [-0.1, -0.05) is 23.7 Å². The Hall–Kier alpha value is -2.61. The molecule has 1 unspecified atom stereocenters. The third kappa shape index (κ3) is 2.93. The molecule has 1 atom stereocenters. The van der Waals surface area contributed by atoms with Crippen LogP contribution in [0.15, 0.2) is 64.6 Å². The highest BCUT2D eigenvalue weighted by molar-refractivity contribution is 7.12. The standard InChI is InChI=1S/C19H12ClNO4S2/c20-10-5-6-12(22)11(9-10)21-16(13-3-1-7-26-13)15(18(24)19(21)25)17(23)14-4-2-8-27-14/h1-9,16,22,24H. The van der Waals surface area contributed by atoms with Crippen LogP contribution in [0, 0.1) is 0 Å². The molecule has 2 N–H and O–H groups in total. The largest absolute Gasteiger partial charge is 0.506 e. The van der Waals surface area contributed by atoms with Crippen LogP contribution < -0.4 is 4.90 Å². The van der Waals surface area contributed by atoms with Gasteiger partial charge in [0.1, 0.15) is 11.8 Å². The molecule has 1 aromatic carbocycles. The molecule has 136 valence electrons. The van der Waals surface area contributed by atoms with E-state index in [9.17, 15) is 19.8 Å². The summed E-state index contributed by atoms with van der Waals surface area (Å²) in [6.07, 6.45) is 0. The first-order valence-electron chi connectivity index (χ1n) is 7.86. The van der Waals surface area contributed by atoms with Gasteiger partial charge in [-0.2, -0.15) is 0 Å². The minimum absolute atomic E-state index is 0.00993. The number of aliphatic hydroxyl groups is 1. The van der Waals surface area contributed by atoms with Gasteiger partial charge < -0.3 is 10.2 Å². The quantitative estimate of drug-likeness (QED) is 0.588. The molecule has 3 heterocycles. The molecule has 1 aliphatic heterocycles. The number of benzene rings is 1. The molecule has 0 aliphatic carbocycles. The average molecular weight is 418 g/mol. The number of carbonyl (C=O) groups excluding carboxylic acids is 2. The Balaban J connectivity index is 1.90. The fourth-order valence-electron chi connectivity index (χ4n) is 3.03. The SMILES string of the molecule is O=C(C1=C(O)C(=O)N(c2cc(Cl)ccc2O)C1c1cccs1)c1cccs1. The van der Waals surface area contributed by atoms with E-state index in [2.05, 4.69) is 0 Å². The number of halogens is 1. The second-order valence-electron chi connectivity index (χ2n) is 5.79. The van der Waals surface area contributed by atoms with Crippen molar-refractivity contribution in [3.05, 3.63) is 79.3 Å². The van der Waals surface area contributed by atoms with Crippen molar-refractivity contribution in [2.75, 3.05) is 4.90 Å². The van der Waals surface area contributed by atoms with Gasteiger partial charge in [-0.3, -0.25) is 14.5 Å². The van der Waals surface area contributed by atoms with E-state index in [1.807, 2.05) is 5.38 Å². The predicted molar refractivity (Wildman–Crippen MR) is 106 cm³/mol. The molecule has 1 amide bonds. The summed E-state index contributed by atoms with van der Waals surface area (Å²) in [6.45, 7) is 0. The Morgan fingerprint density at radius 1 is 1.07 bits per heavy atom. The normalized spacial score (nSPS) is 17.0. The van der Waals surface area contributed by atoms with E-state index in [0.717, 1.165) is 0 Å². The van der Waals surface area contributed by atoms with Crippen molar-refractivity contribution in [1.82, 2.24) is 0 Å². The molecule has 0 radical (unpaired) electrons. The van der Waals surface area contributed by atoms with Crippen molar-refractivity contribution in [1.29, 1.82) is 0 Å². The third-order valence-corrected chi connectivity index (χ3v) is 6.24. The first-order valence-corrected chi connectivity index (χ1v) is 9.99. The molecular formula is C19H12ClNO4S2. The predicted octanol–water partition coefficient (Wildman–Crippen LogP) is 4.95. The number of phenols is 1. The number of nitrogens with zero attached hydrogens (tertiary/aromatic N) is 1. The lowest BCUT2D eigenvalue weighted by Crippen LogP contribution is -2.30. The fraction of sp³-hybridized carbons (Fsp3) is 0.0526. The number of carbonyl (C=O) groups is 2. The molecule has 2 aromatic heterocycles. The number of rotatable bonds is 4. The molecule has 3 aromatic rings. The third-order valence-electron chi connectivity index (χ3n) is 4.21. The Labute approximate surface area is 167 Å². The molecule has 0 fully saturated rings. The van der Waals surface area contributed by atoms with Gasteiger partial charge >= 0.3 is 0 Å². The Morgan fingerprint density at radius 2 is 1.81 bits per heavy atom. The first-order chi connectivity index (χ1) is 13.0. The van der Waals surface area contributed by atoms with Crippen molar-refractivity contribution >= 4 is 51.7 Å². The zero-order valence-electron chi connectivity index (χ0n) is 13.6. The van der Waals surface area contributed by atoms with E-state index in [0.29, 0.717) is 14.8 Å². The van der Waals surface area contributed by atoms with Crippen LogP contribution in [-0.2, 0) is 4.79 Å². The minimum atomic E-state index is -0.850. The van der Waals surface area contributed by atoms with E-state index >= 15 is 0 Å².